The SMILES string of the molecule is COC(CCN1CC[C@H](Nc2nc3cnc(-c4cn[nH]c4)c(OC(C)C)n3n2)[C@H](C)C1)OC. The van der Waals surface area contributed by atoms with Crippen molar-refractivity contribution in [2.24, 2.45) is 5.92 Å². The van der Waals surface area contributed by atoms with Crippen molar-refractivity contribution >= 4 is 11.6 Å². The van der Waals surface area contributed by atoms with Crippen LogP contribution in [0.5, 0.6) is 5.88 Å². The van der Waals surface area contributed by atoms with Gasteiger partial charge in [-0.05, 0) is 26.2 Å². The number of piperidine rings is 1. The third kappa shape index (κ3) is 5.43. The number of methoxy groups -OCH3 is 2. The summed E-state index contributed by atoms with van der Waals surface area (Å²) in [6, 6.07) is 0.287. The van der Waals surface area contributed by atoms with E-state index in [1.54, 1.807) is 37.3 Å². The van der Waals surface area contributed by atoms with Gasteiger partial charge < -0.3 is 24.4 Å². The summed E-state index contributed by atoms with van der Waals surface area (Å²) in [7, 11) is 3.36. The summed E-state index contributed by atoms with van der Waals surface area (Å²) in [5.41, 5.74) is 2.15. The van der Waals surface area contributed by atoms with Gasteiger partial charge in [0, 0.05) is 58.1 Å². The van der Waals surface area contributed by atoms with E-state index in [4.69, 9.17) is 19.3 Å². The Hall–Kier alpha value is -2.76. The second-order valence-corrected chi connectivity index (χ2v) is 8.78. The van der Waals surface area contributed by atoms with Gasteiger partial charge in [0.1, 0.15) is 5.69 Å². The van der Waals surface area contributed by atoms with Gasteiger partial charge in [-0.1, -0.05) is 6.92 Å². The highest BCUT2D eigenvalue weighted by atomic mass is 16.7. The van der Waals surface area contributed by atoms with Crippen LogP contribution < -0.4 is 10.1 Å². The van der Waals surface area contributed by atoms with Crippen molar-refractivity contribution < 1.29 is 14.2 Å². The van der Waals surface area contributed by atoms with Crippen LogP contribution in [0, 0.1) is 5.92 Å². The van der Waals surface area contributed by atoms with Crippen LogP contribution in [-0.2, 0) is 9.47 Å². The number of hydrogen-bond acceptors (Lipinski definition) is 9. The number of ether oxygens (including phenoxy) is 3. The third-order valence-electron chi connectivity index (χ3n) is 5.97. The van der Waals surface area contributed by atoms with Gasteiger partial charge >= 0.3 is 0 Å². The zero-order valence-electron chi connectivity index (χ0n) is 20.0. The maximum absolute atomic E-state index is 6.09. The zero-order chi connectivity index (χ0) is 23.4. The predicted octanol–water partition coefficient (Wildman–Crippen LogP) is 2.43. The zero-order valence-corrected chi connectivity index (χ0v) is 20.0. The minimum Gasteiger partial charge on any atom is -0.473 e. The molecule has 1 fully saturated rings. The van der Waals surface area contributed by atoms with Crippen molar-refractivity contribution in [1.29, 1.82) is 0 Å². The van der Waals surface area contributed by atoms with Gasteiger partial charge in [-0.15, -0.1) is 5.10 Å². The van der Waals surface area contributed by atoms with E-state index in [0.717, 1.165) is 38.0 Å². The summed E-state index contributed by atoms with van der Waals surface area (Å²) >= 11 is 0. The fraction of sp³-hybridized carbons (Fsp3) is 0.636. The van der Waals surface area contributed by atoms with E-state index >= 15 is 0 Å². The highest BCUT2D eigenvalue weighted by Gasteiger charge is 2.28. The topological polar surface area (TPSA) is 115 Å². The average Bonchev–Trinajstić information content (AvgIpc) is 3.46. The molecule has 0 spiro atoms. The van der Waals surface area contributed by atoms with Gasteiger partial charge in [0.25, 0.3) is 0 Å². The molecule has 1 aliphatic rings. The van der Waals surface area contributed by atoms with Crippen molar-refractivity contribution in [1.82, 2.24) is 34.7 Å². The Morgan fingerprint density at radius 1 is 1.24 bits per heavy atom. The number of aromatic amines is 1. The lowest BCUT2D eigenvalue weighted by atomic mass is 9.94. The molecule has 0 aliphatic carbocycles. The van der Waals surface area contributed by atoms with Gasteiger partial charge in [0.15, 0.2) is 11.9 Å². The van der Waals surface area contributed by atoms with Gasteiger partial charge in [0.05, 0.1) is 18.5 Å². The maximum Gasteiger partial charge on any atom is 0.244 e. The van der Waals surface area contributed by atoms with Crippen molar-refractivity contribution in [2.75, 3.05) is 39.2 Å². The lowest BCUT2D eigenvalue weighted by molar-refractivity contribution is -0.110. The standard InChI is InChI=1S/C22H34N8O3/c1-14(2)33-21-20(16-10-24-25-11-16)23-12-18-27-22(28-30(18)21)26-17-6-8-29(13-15(17)3)9-7-19(31-4)32-5/h10-12,14-15,17,19H,6-9,13H2,1-5H3,(H,24,25)(H,26,28)/t15-,17+/m1/s1. The number of likely N-dealkylation sites (tertiary alicyclic amines) is 1. The van der Waals surface area contributed by atoms with E-state index in [1.807, 2.05) is 13.8 Å². The van der Waals surface area contributed by atoms with Crippen LogP contribution in [0.3, 0.4) is 0 Å². The Bertz CT molecular complexity index is 1020. The fourth-order valence-electron chi connectivity index (χ4n) is 4.24. The van der Waals surface area contributed by atoms with Crippen LogP contribution >= 0.6 is 0 Å². The molecule has 0 aromatic carbocycles. The molecule has 2 N–H and O–H groups in total. The summed E-state index contributed by atoms with van der Waals surface area (Å²) in [4.78, 5) is 11.7. The van der Waals surface area contributed by atoms with Crippen LogP contribution in [0.25, 0.3) is 16.9 Å². The van der Waals surface area contributed by atoms with Gasteiger partial charge in [-0.25, -0.2) is 4.98 Å². The molecule has 1 aliphatic heterocycles. The minimum atomic E-state index is -0.152. The average molecular weight is 459 g/mol. The maximum atomic E-state index is 6.09. The molecule has 1 saturated heterocycles. The normalized spacial score (nSPS) is 19.6. The number of H-pyrrole nitrogens is 1. The van der Waals surface area contributed by atoms with Gasteiger partial charge in [-0.2, -0.15) is 14.6 Å². The van der Waals surface area contributed by atoms with E-state index in [0.29, 0.717) is 29.1 Å². The summed E-state index contributed by atoms with van der Waals surface area (Å²) < 4.78 is 18.4. The third-order valence-corrected chi connectivity index (χ3v) is 5.97. The van der Waals surface area contributed by atoms with Crippen molar-refractivity contribution in [3.8, 4) is 17.1 Å². The molecule has 3 aromatic heterocycles. The molecule has 33 heavy (non-hydrogen) atoms. The highest BCUT2D eigenvalue weighted by Crippen LogP contribution is 2.29. The van der Waals surface area contributed by atoms with E-state index in [9.17, 15) is 0 Å². The number of rotatable bonds is 10. The molecule has 180 valence electrons. The fourth-order valence-corrected chi connectivity index (χ4v) is 4.24. The molecule has 0 radical (unpaired) electrons. The molecule has 4 heterocycles. The molecule has 0 amide bonds. The molecule has 11 nitrogen and oxygen atoms in total. The van der Waals surface area contributed by atoms with Crippen LogP contribution in [0.4, 0.5) is 5.95 Å². The van der Waals surface area contributed by atoms with E-state index < -0.39 is 0 Å². The Morgan fingerprint density at radius 2 is 2.06 bits per heavy atom. The number of nitrogens with zero attached hydrogens (tertiary/aromatic N) is 6. The largest absolute Gasteiger partial charge is 0.473 e. The molecule has 4 rings (SSSR count). The van der Waals surface area contributed by atoms with Crippen molar-refractivity contribution in [3.05, 3.63) is 18.6 Å². The van der Waals surface area contributed by atoms with E-state index in [2.05, 4.69) is 37.3 Å². The Balaban J connectivity index is 1.47. The summed E-state index contributed by atoms with van der Waals surface area (Å²) in [5, 5.41) is 15.1. The van der Waals surface area contributed by atoms with Crippen molar-refractivity contribution in [2.45, 2.75) is 52.0 Å². The summed E-state index contributed by atoms with van der Waals surface area (Å²) in [5.74, 6) is 1.58. The van der Waals surface area contributed by atoms with Crippen LogP contribution in [0.1, 0.15) is 33.6 Å². The van der Waals surface area contributed by atoms with E-state index in [1.165, 1.54) is 0 Å². The Labute approximate surface area is 193 Å². The first-order valence-corrected chi connectivity index (χ1v) is 11.4. The molecule has 2 atom stereocenters. The number of hydrogen-bond donors (Lipinski definition) is 2. The number of aromatic nitrogens is 6. The summed E-state index contributed by atoms with van der Waals surface area (Å²) in [6.07, 6.45) is 6.89. The second-order valence-electron chi connectivity index (χ2n) is 8.78. The van der Waals surface area contributed by atoms with Crippen LogP contribution in [0.15, 0.2) is 18.6 Å². The van der Waals surface area contributed by atoms with Crippen LogP contribution in [0.2, 0.25) is 0 Å². The Kier molecular flexibility index (Phi) is 7.41. The monoisotopic (exact) mass is 458 g/mol. The minimum absolute atomic E-state index is 0.0381. The number of nitrogens with one attached hydrogen (secondary N) is 2. The lowest BCUT2D eigenvalue weighted by Crippen LogP contribution is -2.46. The molecule has 0 bridgehead atoms. The molecule has 0 unspecified atom stereocenters. The lowest BCUT2D eigenvalue weighted by Gasteiger charge is -2.37. The van der Waals surface area contributed by atoms with Crippen LogP contribution in [-0.4, -0.2) is 87.0 Å². The molecule has 0 saturated carbocycles. The van der Waals surface area contributed by atoms with Gasteiger partial charge in [-0.3, -0.25) is 5.10 Å². The number of anilines is 1. The molecular weight excluding hydrogens is 424 g/mol. The highest BCUT2D eigenvalue weighted by molar-refractivity contribution is 5.65. The molecule has 11 heteroatoms. The molecule has 3 aromatic rings. The smallest absolute Gasteiger partial charge is 0.244 e. The van der Waals surface area contributed by atoms with Gasteiger partial charge in [0.2, 0.25) is 11.8 Å². The first-order chi connectivity index (χ1) is 16.0. The number of fused-ring (bicyclic) bond motifs is 1. The summed E-state index contributed by atoms with van der Waals surface area (Å²) in [6.45, 7) is 9.17. The van der Waals surface area contributed by atoms with Crippen molar-refractivity contribution in [3.63, 3.8) is 0 Å². The second kappa shape index (κ2) is 10.4. The first-order valence-electron chi connectivity index (χ1n) is 11.4. The van der Waals surface area contributed by atoms with E-state index in [-0.39, 0.29) is 18.4 Å². The first kappa shape index (κ1) is 23.4. The predicted molar refractivity (Wildman–Crippen MR) is 124 cm³/mol. The Morgan fingerprint density at radius 3 is 2.73 bits per heavy atom. The quantitative estimate of drug-likeness (QED) is 0.442. The molecular formula is C22H34N8O3.